The number of benzene rings is 1. The Balaban J connectivity index is 1.83. The van der Waals surface area contributed by atoms with Crippen LogP contribution in [0.1, 0.15) is 17.9 Å². The Kier molecular flexibility index (Phi) is 3.81. The zero-order valence-electron chi connectivity index (χ0n) is 11.8. The van der Waals surface area contributed by atoms with Gasteiger partial charge in [0.1, 0.15) is 0 Å². The van der Waals surface area contributed by atoms with Gasteiger partial charge in [-0.3, -0.25) is 9.59 Å². The van der Waals surface area contributed by atoms with Crippen LogP contribution in [0.5, 0.6) is 0 Å². The van der Waals surface area contributed by atoms with Crippen molar-refractivity contribution in [1.29, 1.82) is 0 Å². The molecule has 2 unspecified atom stereocenters. The van der Waals surface area contributed by atoms with Crippen LogP contribution in [0, 0.1) is 0 Å². The molecular formula is C15H16N2O5. The molecule has 7 heteroatoms. The molecule has 1 aromatic rings. The van der Waals surface area contributed by atoms with Gasteiger partial charge >= 0.3 is 5.97 Å². The Morgan fingerprint density at radius 2 is 2.09 bits per heavy atom. The summed E-state index contributed by atoms with van der Waals surface area (Å²) in [7, 11) is 0. The maximum atomic E-state index is 12.7. The van der Waals surface area contributed by atoms with Gasteiger partial charge in [0.2, 0.25) is 11.8 Å². The summed E-state index contributed by atoms with van der Waals surface area (Å²) >= 11 is 0. The lowest BCUT2D eigenvalue weighted by atomic mass is 9.89. The van der Waals surface area contributed by atoms with Crippen molar-refractivity contribution in [3.05, 3.63) is 29.8 Å². The zero-order chi connectivity index (χ0) is 15.7. The summed E-state index contributed by atoms with van der Waals surface area (Å²) < 4.78 is 5.12. The van der Waals surface area contributed by atoms with Crippen LogP contribution in [0.25, 0.3) is 0 Å². The standard InChI is InChI=1S/C15H16N2O5/c18-13-7-10(9-3-1-2-4-11(9)16-13)14(19)17-5-6-22-12(8-17)15(20)21/h1-4,10,12H,5-8H2,(H,16,18)(H,20,21). The van der Waals surface area contributed by atoms with E-state index in [4.69, 9.17) is 9.84 Å². The summed E-state index contributed by atoms with van der Waals surface area (Å²) in [5, 5.41) is 11.8. The highest BCUT2D eigenvalue weighted by atomic mass is 16.5. The number of carboxylic acids is 1. The molecular weight excluding hydrogens is 288 g/mol. The van der Waals surface area contributed by atoms with Crippen molar-refractivity contribution in [2.24, 2.45) is 0 Å². The highest BCUT2D eigenvalue weighted by molar-refractivity contribution is 6.01. The number of anilines is 1. The normalized spacial score (nSPS) is 24.4. The molecule has 0 aliphatic carbocycles. The molecule has 0 aromatic heterocycles. The number of para-hydroxylation sites is 1. The molecule has 0 spiro atoms. The number of nitrogens with one attached hydrogen (secondary N) is 1. The first kappa shape index (κ1) is 14.5. The third-order valence-corrected chi connectivity index (χ3v) is 3.95. The number of hydrogen-bond acceptors (Lipinski definition) is 4. The first-order valence-electron chi connectivity index (χ1n) is 7.08. The lowest BCUT2D eigenvalue weighted by Gasteiger charge is -2.35. The highest BCUT2D eigenvalue weighted by Crippen LogP contribution is 2.33. The van der Waals surface area contributed by atoms with Crippen LogP contribution in [0.2, 0.25) is 0 Å². The summed E-state index contributed by atoms with van der Waals surface area (Å²) in [6.45, 7) is 0.528. The van der Waals surface area contributed by atoms with Crippen molar-refractivity contribution in [2.45, 2.75) is 18.4 Å². The van der Waals surface area contributed by atoms with Gasteiger partial charge in [0.05, 0.1) is 19.1 Å². The summed E-state index contributed by atoms with van der Waals surface area (Å²) in [5.74, 6) is -2.09. The molecule has 0 saturated carbocycles. The number of ether oxygens (including phenoxy) is 1. The number of rotatable bonds is 2. The van der Waals surface area contributed by atoms with Gasteiger partial charge in [-0.2, -0.15) is 0 Å². The molecule has 2 aliphatic heterocycles. The highest BCUT2D eigenvalue weighted by Gasteiger charge is 2.36. The number of fused-ring (bicyclic) bond motifs is 1. The summed E-state index contributed by atoms with van der Waals surface area (Å²) in [6, 6.07) is 7.18. The van der Waals surface area contributed by atoms with Gasteiger partial charge in [-0.15, -0.1) is 0 Å². The van der Waals surface area contributed by atoms with Crippen LogP contribution >= 0.6 is 0 Å². The van der Waals surface area contributed by atoms with E-state index >= 15 is 0 Å². The van der Waals surface area contributed by atoms with E-state index in [1.165, 1.54) is 4.90 Å². The van der Waals surface area contributed by atoms with Gasteiger partial charge in [0.25, 0.3) is 0 Å². The number of hydrogen-bond donors (Lipinski definition) is 2. The topological polar surface area (TPSA) is 95.9 Å². The van der Waals surface area contributed by atoms with Crippen LogP contribution in [0.15, 0.2) is 24.3 Å². The SMILES string of the molecule is O=C1CC(C(=O)N2CCOC(C(=O)O)C2)c2ccccc2N1. The van der Waals surface area contributed by atoms with E-state index in [0.29, 0.717) is 12.2 Å². The molecule has 1 fully saturated rings. The van der Waals surface area contributed by atoms with Gasteiger partial charge < -0.3 is 20.1 Å². The quantitative estimate of drug-likeness (QED) is 0.826. The second kappa shape index (κ2) is 5.76. The molecule has 7 nitrogen and oxygen atoms in total. The fourth-order valence-electron chi connectivity index (χ4n) is 2.85. The van der Waals surface area contributed by atoms with Crippen molar-refractivity contribution >= 4 is 23.5 Å². The second-order valence-corrected chi connectivity index (χ2v) is 5.37. The largest absolute Gasteiger partial charge is 0.479 e. The lowest BCUT2D eigenvalue weighted by molar-refractivity contribution is -0.160. The van der Waals surface area contributed by atoms with Crippen LogP contribution < -0.4 is 5.32 Å². The van der Waals surface area contributed by atoms with Crippen molar-refractivity contribution in [3.63, 3.8) is 0 Å². The number of aliphatic carboxylic acids is 1. The predicted molar refractivity (Wildman–Crippen MR) is 76.4 cm³/mol. The predicted octanol–water partition coefficient (Wildman–Crippen LogP) is 0.424. The molecule has 3 rings (SSSR count). The lowest BCUT2D eigenvalue weighted by Crippen LogP contribution is -2.50. The Bertz CT molecular complexity index is 630. The van der Waals surface area contributed by atoms with E-state index in [1.54, 1.807) is 12.1 Å². The van der Waals surface area contributed by atoms with Crippen LogP contribution in [0.4, 0.5) is 5.69 Å². The van der Waals surface area contributed by atoms with Crippen LogP contribution in [-0.4, -0.2) is 53.6 Å². The Morgan fingerprint density at radius 1 is 1.32 bits per heavy atom. The van der Waals surface area contributed by atoms with Gasteiger partial charge in [0, 0.05) is 18.7 Å². The van der Waals surface area contributed by atoms with Gasteiger partial charge in [0.15, 0.2) is 6.10 Å². The molecule has 2 aliphatic rings. The number of amides is 2. The molecule has 0 radical (unpaired) electrons. The minimum atomic E-state index is -1.08. The molecule has 2 N–H and O–H groups in total. The third kappa shape index (κ3) is 2.67. The van der Waals surface area contributed by atoms with Gasteiger partial charge in [-0.05, 0) is 11.6 Å². The molecule has 0 bridgehead atoms. The smallest absolute Gasteiger partial charge is 0.334 e. The molecule has 116 valence electrons. The van der Waals surface area contributed by atoms with E-state index in [-0.39, 0.29) is 31.4 Å². The van der Waals surface area contributed by atoms with Crippen LogP contribution in [-0.2, 0) is 19.1 Å². The maximum absolute atomic E-state index is 12.7. The van der Waals surface area contributed by atoms with E-state index in [0.717, 1.165) is 5.56 Å². The molecule has 1 saturated heterocycles. The summed E-state index contributed by atoms with van der Waals surface area (Å²) in [6.07, 6.45) is -0.935. The Morgan fingerprint density at radius 3 is 2.86 bits per heavy atom. The number of carbonyl (C=O) groups is 3. The monoisotopic (exact) mass is 304 g/mol. The average molecular weight is 304 g/mol. The van der Waals surface area contributed by atoms with E-state index in [9.17, 15) is 14.4 Å². The average Bonchev–Trinajstić information content (AvgIpc) is 2.53. The second-order valence-electron chi connectivity index (χ2n) is 5.37. The fourth-order valence-corrected chi connectivity index (χ4v) is 2.85. The van der Waals surface area contributed by atoms with Crippen molar-refractivity contribution in [3.8, 4) is 0 Å². The molecule has 2 heterocycles. The number of nitrogens with zero attached hydrogens (tertiary/aromatic N) is 1. The van der Waals surface area contributed by atoms with Crippen molar-refractivity contribution in [2.75, 3.05) is 25.0 Å². The first-order chi connectivity index (χ1) is 10.6. The van der Waals surface area contributed by atoms with E-state index in [1.807, 2.05) is 12.1 Å². The molecule has 22 heavy (non-hydrogen) atoms. The van der Waals surface area contributed by atoms with Crippen LogP contribution in [0.3, 0.4) is 0 Å². The van der Waals surface area contributed by atoms with Crippen molar-refractivity contribution in [1.82, 2.24) is 4.90 Å². The van der Waals surface area contributed by atoms with Gasteiger partial charge in [-0.25, -0.2) is 4.79 Å². The summed E-state index contributed by atoms with van der Waals surface area (Å²) in [4.78, 5) is 37.0. The minimum Gasteiger partial charge on any atom is -0.479 e. The van der Waals surface area contributed by atoms with Gasteiger partial charge in [-0.1, -0.05) is 18.2 Å². The van der Waals surface area contributed by atoms with E-state index < -0.39 is 18.0 Å². The number of carboxylic acid groups (broad SMARTS) is 1. The zero-order valence-corrected chi connectivity index (χ0v) is 11.8. The minimum absolute atomic E-state index is 0.00839. The van der Waals surface area contributed by atoms with E-state index in [2.05, 4.69) is 5.32 Å². The maximum Gasteiger partial charge on any atom is 0.334 e. The number of carbonyl (C=O) groups excluding carboxylic acids is 2. The molecule has 2 amide bonds. The third-order valence-electron chi connectivity index (χ3n) is 3.95. The number of morpholine rings is 1. The Hall–Kier alpha value is -2.41. The first-order valence-corrected chi connectivity index (χ1v) is 7.08. The molecule has 2 atom stereocenters. The summed E-state index contributed by atoms with van der Waals surface area (Å²) in [5.41, 5.74) is 1.41. The fraction of sp³-hybridized carbons (Fsp3) is 0.400. The van der Waals surface area contributed by atoms with Crippen molar-refractivity contribution < 1.29 is 24.2 Å². The molecule has 1 aromatic carbocycles. The Labute approximate surface area is 126 Å².